The van der Waals surface area contributed by atoms with E-state index in [9.17, 15) is 22.8 Å². The summed E-state index contributed by atoms with van der Waals surface area (Å²) in [5.74, 6) is -1.17. The highest BCUT2D eigenvalue weighted by Gasteiger charge is 2.34. The highest BCUT2D eigenvalue weighted by Crippen LogP contribution is 2.36. The van der Waals surface area contributed by atoms with Crippen molar-refractivity contribution in [3.8, 4) is 0 Å². The summed E-state index contributed by atoms with van der Waals surface area (Å²) in [5.41, 5.74) is 0.273. The summed E-state index contributed by atoms with van der Waals surface area (Å²) in [6, 6.07) is 10.3. The van der Waals surface area contributed by atoms with Crippen LogP contribution in [0.3, 0.4) is 0 Å². The van der Waals surface area contributed by atoms with E-state index in [0.29, 0.717) is 0 Å². The molecule has 0 saturated heterocycles. The zero-order valence-electron chi connectivity index (χ0n) is 13.8. The Balaban J connectivity index is 1.95. The van der Waals surface area contributed by atoms with Gasteiger partial charge < -0.3 is 10.6 Å². The maximum atomic E-state index is 13.0. The number of nitrogens with one attached hydrogen (secondary N) is 2. The van der Waals surface area contributed by atoms with Gasteiger partial charge in [-0.3, -0.25) is 9.59 Å². The molecule has 26 heavy (non-hydrogen) atoms. The van der Waals surface area contributed by atoms with Crippen LogP contribution in [-0.4, -0.2) is 18.4 Å². The standard InChI is InChI=1S/C18H16ClF3N2O2/c1-11-4-2-3-5-12(11)8-16(25)23-10-17(26)24-15-7-6-13(19)9-14(15)18(20,21)22/h2-7,9H,8,10H2,1H3,(H,23,25)(H,24,26). The quantitative estimate of drug-likeness (QED) is 0.819. The van der Waals surface area contributed by atoms with Crippen LogP contribution in [0.5, 0.6) is 0 Å². The molecule has 2 N–H and O–H groups in total. The molecule has 4 nitrogen and oxygen atoms in total. The Morgan fingerprint density at radius 3 is 2.42 bits per heavy atom. The molecular formula is C18H16ClF3N2O2. The molecule has 0 spiro atoms. The predicted octanol–water partition coefficient (Wildman–Crippen LogP) is 3.96. The van der Waals surface area contributed by atoms with Crippen LogP contribution in [0.15, 0.2) is 42.5 Å². The molecule has 0 unspecified atom stereocenters. The molecule has 0 saturated carbocycles. The first kappa shape index (κ1) is 19.8. The summed E-state index contributed by atoms with van der Waals surface area (Å²) in [6.07, 6.45) is -4.59. The number of halogens is 4. The Kier molecular flexibility index (Phi) is 6.26. The largest absolute Gasteiger partial charge is 0.418 e. The van der Waals surface area contributed by atoms with Crippen LogP contribution in [0, 0.1) is 6.92 Å². The van der Waals surface area contributed by atoms with Crippen LogP contribution in [0.4, 0.5) is 18.9 Å². The lowest BCUT2D eigenvalue weighted by molar-refractivity contribution is -0.137. The van der Waals surface area contributed by atoms with E-state index in [1.807, 2.05) is 19.1 Å². The Morgan fingerprint density at radius 2 is 1.77 bits per heavy atom. The lowest BCUT2D eigenvalue weighted by Gasteiger charge is -2.14. The van der Waals surface area contributed by atoms with Crippen molar-refractivity contribution in [2.24, 2.45) is 0 Å². The number of hydrogen-bond acceptors (Lipinski definition) is 2. The van der Waals surface area contributed by atoms with Gasteiger partial charge in [-0.25, -0.2) is 0 Å². The van der Waals surface area contributed by atoms with Crippen LogP contribution >= 0.6 is 11.6 Å². The van der Waals surface area contributed by atoms with Crippen molar-refractivity contribution in [3.63, 3.8) is 0 Å². The summed E-state index contributed by atoms with van der Waals surface area (Å²) in [5, 5.41) is 4.44. The molecule has 0 bridgehead atoms. The van der Waals surface area contributed by atoms with Crippen molar-refractivity contribution in [2.75, 3.05) is 11.9 Å². The number of rotatable bonds is 5. The molecule has 8 heteroatoms. The van der Waals surface area contributed by atoms with Gasteiger partial charge in [0.15, 0.2) is 0 Å². The second kappa shape index (κ2) is 8.23. The number of benzene rings is 2. The maximum absolute atomic E-state index is 13.0. The lowest BCUT2D eigenvalue weighted by Crippen LogP contribution is -2.34. The first-order valence-electron chi connectivity index (χ1n) is 7.64. The van der Waals surface area contributed by atoms with Crippen molar-refractivity contribution in [2.45, 2.75) is 19.5 Å². The molecule has 2 aromatic rings. The van der Waals surface area contributed by atoms with Gasteiger partial charge in [-0.1, -0.05) is 35.9 Å². The molecule has 2 rings (SSSR count). The van der Waals surface area contributed by atoms with E-state index in [0.717, 1.165) is 23.3 Å². The first-order chi connectivity index (χ1) is 12.2. The summed E-state index contributed by atoms with van der Waals surface area (Å²) >= 11 is 5.58. The SMILES string of the molecule is Cc1ccccc1CC(=O)NCC(=O)Nc1ccc(Cl)cc1C(F)(F)F. The fraction of sp³-hybridized carbons (Fsp3) is 0.222. The second-order valence-electron chi connectivity index (χ2n) is 5.62. The smallest absolute Gasteiger partial charge is 0.347 e. The van der Waals surface area contributed by atoms with Crippen LogP contribution in [-0.2, 0) is 22.2 Å². The fourth-order valence-electron chi connectivity index (χ4n) is 2.28. The van der Waals surface area contributed by atoms with Crippen molar-refractivity contribution in [3.05, 3.63) is 64.2 Å². The third kappa shape index (κ3) is 5.49. The van der Waals surface area contributed by atoms with Gasteiger partial charge >= 0.3 is 6.18 Å². The topological polar surface area (TPSA) is 58.2 Å². The highest BCUT2D eigenvalue weighted by molar-refractivity contribution is 6.30. The number of hydrogen-bond donors (Lipinski definition) is 2. The normalized spacial score (nSPS) is 11.1. The molecule has 0 radical (unpaired) electrons. The zero-order valence-corrected chi connectivity index (χ0v) is 14.5. The monoisotopic (exact) mass is 384 g/mol. The number of carbonyl (C=O) groups is 2. The Bertz CT molecular complexity index is 822. The van der Waals surface area contributed by atoms with E-state index >= 15 is 0 Å². The Morgan fingerprint density at radius 1 is 1.08 bits per heavy atom. The fourth-order valence-corrected chi connectivity index (χ4v) is 2.45. The third-order valence-electron chi connectivity index (χ3n) is 3.62. The summed E-state index contributed by atoms with van der Waals surface area (Å²) in [6.45, 7) is 1.42. The summed E-state index contributed by atoms with van der Waals surface area (Å²) in [7, 11) is 0. The van der Waals surface area contributed by atoms with Crippen LogP contribution in [0.1, 0.15) is 16.7 Å². The average Bonchev–Trinajstić information content (AvgIpc) is 2.56. The van der Waals surface area contributed by atoms with E-state index in [1.54, 1.807) is 12.1 Å². The number of carbonyl (C=O) groups excluding carboxylic acids is 2. The lowest BCUT2D eigenvalue weighted by atomic mass is 10.1. The molecule has 0 atom stereocenters. The molecule has 138 valence electrons. The van der Waals surface area contributed by atoms with Crippen molar-refractivity contribution < 1.29 is 22.8 Å². The average molecular weight is 385 g/mol. The highest BCUT2D eigenvalue weighted by atomic mass is 35.5. The van der Waals surface area contributed by atoms with Gasteiger partial charge in [-0.15, -0.1) is 0 Å². The molecule has 2 amide bonds. The first-order valence-corrected chi connectivity index (χ1v) is 8.02. The summed E-state index contributed by atoms with van der Waals surface area (Å²) in [4.78, 5) is 23.8. The van der Waals surface area contributed by atoms with Gasteiger partial charge in [0, 0.05) is 5.02 Å². The van der Waals surface area contributed by atoms with Crippen LogP contribution in [0.25, 0.3) is 0 Å². The Labute approximate surface area is 153 Å². The van der Waals surface area contributed by atoms with Gasteiger partial charge in [0.1, 0.15) is 0 Å². The molecule has 0 aromatic heterocycles. The van der Waals surface area contributed by atoms with Gasteiger partial charge in [-0.2, -0.15) is 13.2 Å². The van der Waals surface area contributed by atoms with Gasteiger partial charge in [0.05, 0.1) is 24.2 Å². The Hall–Kier alpha value is -2.54. The minimum Gasteiger partial charge on any atom is -0.347 e. The minimum atomic E-state index is -4.67. The number of amides is 2. The summed E-state index contributed by atoms with van der Waals surface area (Å²) < 4.78 is 39.0. The van der Waals surface area contributed by atoms with Gasteiger partial charge in [0.25, 0.3) is 0 Å². The predicted molar refractivity (Wildman–Crippen MR) is 93.0 cm³/mol. The van der Waals surface area contributed by atoms with Crippen LogP contribution in [0.2, 0.25) is 5.02 Å². The molecule has 2 aromatic carbocycles. The van der Waals surface area contributed by atoms with Crippen LogP contribution < -0.4 is 10.6 Å². The molecule has 0 aliphatic rings. The van der Waals surface area contributed by atoms with E-state index < -0.39 is 35.8 Å². The minimum absolute atomic E-state index is 0.0781. The van der Waals surface area contributed by atoms with E-state index in [4.69, 9.17) is 11.6 Å². The van der Waals surface area contributed by atoms with E-state index in [2.05, 4.69) is 10.6 Å². The van der Waals surface area contributed by atoms with E-state index in [-0.39, 0.29) is 11.4 Å². The zero-order chi connectivity index (χ0) is 19.3. The van der Waals surface area contributed by atoms with Gasteiger partial charge in [-0.05, 0) is 36.2 Å². The van der Waals surface area contributed by atoms with Crippen molar-refractivity contribution >= 4 is 29.1 Å². The molecule has 0 aliphatic heterocycles. The number of alkyl halides is 3. The van der Waals surface area contributed by atoms with E-state index in [1.165, 1.54) is 6.07 Å². The molecule has 0 fully saturated rings. The van der Waals surface area contributed by atoms with Crippen molar-refractivity contribution in [1.29, 1.82) is 0 Å². The van der Waals surface area contributed by atoms with Crippen molar-refractivity contribution in [1.82, 2.24) is 5.32 Å². The molecule has 0 aliphatic carbocycles. The maximum Gasteiger partial charge on any atom is 0.418 e. The third-order valence-corrected chi connectivity index (χ3v) is 3.85. The molecule has 0 heterocycles. The number of anilines is 1. The molecular weight excluding hydrogens is 369 g/mol. The number of aryl methyl sites for hydroxylation is 1. The second-order valence-corrected chi connectivity index (χ2v) is 6.05. The van der Waals surface area contributed by atoms with Gasteiger partial charge in [0.2, 0.25) is 11.8 Å².